The number of aromatic hydroxyl groups is 1. The van der Waals surface area contributed by atoms with E-state index >= 15 is 0 Å². The number of fused-ring (bicyclic) bond motifs is 4. The summed E-state index contributed by atoms with van der Waals surface area (Å²) in [5.74, 6) is -5.62. The predicted molar refractivity (Wildman–Crippen MR) is 137 cm³/mol. The number of benzene rings is 2. The number of phenols is 1. The molecule has 6 atom stereocenters. The summed E-state index contributed by atoms with van der Waals surface area (Å²) in [5, 5.41) is 21.8. The van der Waals surface area contributed by atoms with Crippen LogP contribution in [0.4, 0.5) is 5.69 Å². The van der Waals surface area contributed by atoms with Crippen LogP contribution >= 0.6 is 0 Å². The Morgan fingerprint density at radius 1 is 1.00 bits per heavy atom. The van der Waals surface area contributed by atoms with Gasteiger partial charge in [0.2, 0.25) is 11.8 Å². The molecule has 4 amide bonds. The van der Waals surface area contributed by atoms with Gasteiger partial charge in [-0.05, 0) is 49.8 Å². The van der Waals surface area contributed by atoms with E-state index in [1.165, 1.54) is 4.90 Å². The summed E-state index contributed by atoms with van der Waals surface area (Å²) in [4.78, 5) is 55.1. The number of imide groups is 2. The SMILES string of the molecule is C=CCc1cccc(C2C3=CCC4C(=O)N(O)C(=O)C4C3CC3C(=O)N(c4ccccc4)C(=O)C32C)c1O. The highest BCUT2D eigenvalue weighted by atomic mass is 16.5. The van der Waals surface area contributed by atoms with Gasteiger partial charge in [0, 0.05) is 11.5 Å². The Morgan fingerprint density at radius 2 is 1.74 bits per heavy atom. The van der Waals surface area contributed by atoms with Gasteiger partial charge in [0.25, 0.3) is 11.8 Å². The Bertz CT molecular complexity index is 1430. The van der Waals surface area contributed by atoms with Crippen molar-refractivity contribution in [3.8, 4) is 5.75 Å². The van der Waals surface area contributed by atoms with Crippen LogP contribution in [0.3, 0.4) is 0 Å². The molecule has 2 aliphatic heterocycles. The van der Waals surface area contributed by atoms with E-state index in [2.05, 4.69) is 6.58 Å². The second-order valence-corrected chi connectivity index (χ2v) is 10.8. The maximum absolute atomic E-state index is 14.3. The first kappa shape index (κ1) is 24.3. The number of para-hydroxylation sites is 2. The normalized spacial score (nSPS) is 32.2. The number of amides is 4. The maximum Gasteiger partial charge on any atom is 0.257 e. The van der Waals surface area contributed by atoms with Gasteiger partial charge in [-0.3, -0.25) is 24.4 Å². The van der Waals surface area contributed by atoms with Gasteiger partial charge in [-0.1, -0.05) is 54.1 Å². The second-order valence-electron chi connectivity index (χ2n) is 10.8. The van der Waals surface area contributed by atoms with Gasteiger partial charge in [-0.2, -0.15) is 5.06 Å². The van der Waals surface area contributed by atoms with Crippen LogP contribution in [0.5, 0.6) is 5.75 Å². The minimum atomic E-state index is -1.24. The van der Waals surface area contributed by atoms with E-state index in [9.17, 15) is 29.5 Å². The largest absolute Gasteiger partial charge is 0.507 e. The summed E-state index contributed by atoms with van der Waals surface area (Å²) in [6.07, 6.45) is 4.39. The van der Waals surface area contributed by atoms with E-state index in [-0.39, 0.29) is 35.5 Å². The average molecular weight is 513 g/mol. The fourth-order valence-corrected chi connectivity index (χ4v) is 7.33. The molecule has 2 aromatic rings. The smallest absolute Gasteiger partial charge is 0.257 e. The molecule has 2 aromatic carbocycles. The molecule has 38 heavy (non-hydrogen) atoms. The Hall–Kier alpha value is -4.04. The van der Waals surface area contributed by atoms with Crippen molar-refractivity contribution in [3.63, 3.8) is 0 Å². The van der Waals surface area contributed by atoms with E-state index in [0.29, 0.717) is 23.2 Å². The first-order valence-corrected chi connectivity index (χ1v) is 12.8. The van der Waals surface area contributed by atoms with Crippen LogP contribution in [0.2, 0.25) is 0 Å². The van der Waals surface area contributed by atoms with E-state index in [1.807, 2.05) is 6.08 Å². The van der Waals surface area contributed by atoms with Crippen LogP contribution in [0.25, 0.3) is 0 Å². The number of anilines is 1. The molecule has 0 aromatic heterocycles. The van der Waals surface area contributed by atoms with E-state index in [1.54, 1.807) is 61.5 Å². The third-order valence-electron chi connectivity index (χ3n) is 9.09. The second kappa shape index (κ2) is 8.49. The topological polar surface area (TPSA) is 115 Å². The Labute approximate surface area is 219 Å². The van der Waals surface area contributed by atoms with Crippen molar-refractivity contribution in [2.45, 2.75) is 32.1 Å². The van der Waals surface area contributed by atoms with Crippen LogP contribution in [-0.4, -0.2) is 39.0 Å². The number of hydroxylamine groups is 2. The fourth-order valence-electron chi connectivity index (χ4n) is 7.33. The zero-order valence-electron chi connectivity index (χ0n) is 20.9. The monoisotopic (exact) mass is 512 g/mol. The highest BCUT2D eigenvalue weighted by Crippen LogP contribution is 2.64. The number of phenolic OH excluding ortho intramolecular Hbond substituents is 1. The summed E-state index contributed by atoms with van der Waals surface area (Å²) >= 11 is 0. The van der Waals surface area contributed by atoms with E-state index in [4.69, 9.17) is 0 Å². The number of hydrogen-bond donors (Lipinski definition) is 2. The lowest BCUT2D eigenvalue weighted by atomic mass is 9.51. The fraction of sp³-hybridized carbons (Fsp3) is 0.333. The lowest BCUT2D eigenvalue weighted by molar-refractivity contribution is -0.173. The molecule has 0 bridgehead atoms. The molecular weight excluding hydrogens is 484 g/mol. The number of allylic oxidation sites excluding steroid dienone is 3. The van der Waals surface area contributed by atoms with E-state index in [0.717, 1.165) is 5.57 Å². The van der Waals surface area contributed by atoms with Gasteiger partial charge in [0.15, 0.2) is 0 Å². The van der Waals surface area contributed by atoms with Crippen LogP contribution < -0.4 is 4.90 Å². The molecule has 0 spiro atoms. The minimum Gasteiger partial charge on any atom is -0.507 e. The Kier molecular flexibility index (Phi) is 5.43. The van der Waals surface area contributed by atoms with E-state index < -0.39 is 46.8 Å². The molecule has 2 aliphatic carbocycles. The molecule has 0 radical (unpaired) electrons. The van der Waals surface area contributed by atoms with Crippen LogP contribution in [-0.2, 0) is 25.6 Å². The van der Waals surface area contributed by atoms with Gasteiger partial charge in [0.1, 0.15) is 5.75 Å². The number of hydrogen-bond acceptors (Lipinski definition) is 6. The van der Waals surface area contributed by atoms with Crippen molar-refractivity contribution in [1.82, 2.24) is 5.06 Å². The Morgan fingerprint density at radius 3 is 2.45 bits per heavy atom. The van der Waals surface area contributed by atoms with Gasteiger partial charge in [-0.25, -0.2) is 4.90 Å². The molecular formula is C30H28N2O6. The molecule has 2 saturated heterocycles. The van der Waals surface area contributed by atoms with Gasteiger partial charge >= 0.3 is 0 Å². The maximum atomic E-state index is 14.3. The van der Waals surface area contributed by atoms with Crippen molar-refractivity contribution in [3.05, 3.63) is 84.0 Å². The zero-order chi connectivity index (χ0) is 26.9. The van der Waals surface area contributed by atoms with Crippen LogP contribution in [0, 0.1) is 29.1 Å². The predicted octanol–water partition coefficient (Wildman–Crippen LogP) is 3.74. The highest BCUT2D eigenvalue weighted by molar-refractivity contribution is 6.24. The van der Waals surface area contributed by atoms with Crippen molar-refractivity contribution in [1.29, 1.82) is 0 Å². The van der Waals surface area contributed by atoms with Gasteiger partial charge in [0.05, 0.1) is 28.9 Å². The summed E-state index contributed by atoms with van der Waals surface area (Å²) in [6.45, 7) is 5.54. The first-order chi connectivity index (χ1) is 18.2. The molecule has 4 aliphatic rings. The molecule has 2 heterocycles. The molecule has 194 valence electrons. The minimum absolute atomic E-state index is 0.0251. The average Bonchev–Trinajstić information content (AvgIpc) is 3.26. The third-order valence-corrected chi connectivity index (χ3v) is 9.09. The Balaban J connectivity index is 1.57. The number of rotatable bonds is 4. The quantitative estimate of drug-likeness (QED) is 0.366. The molecule has 8 heteroatoms. The van der Waals surface area contributed by atoms with Crippen molar-refractivity contribution >= 4 is 29.3 Å². The molecule has 3 fully saturated rings. The highest BCUT2D eigenvalue weighted by Gasteiger charge is 2.67. The first-order valence-electron chi connectivity index (χ1n) is 12.8. The molecule has 1 saturated carbocycles. The lowest BCUT2D eigenvalue weighted by Crippen LogP contribution is -2.48. The standard InChI is InChI=1S/C30H28N2O6/c1-3-8-16-9-7-12-20(25(16)33)24-18-13-14-19-23(28(36)32(38)26(19)34)21(18)15-22-27(35)31(29(37)30(22,24)2)17-10-5-4-6-11-17/h3-7,9-13,19,21-24,33,38H,1,8,14-15H2,2H3. The van der Waals surface area contributed by atoms with Crippen LogP contribution in [0.15, 0.2) is 72.8 Å². The summed E-state index contributed by atoms with van der Waals surface area (Å²) in [6, 6.07) is 14.1. The number of carbonyl (C=O) groups excluding carboxylic acids is 4. The van der Waals surface area contributed by atoms with Crippen molar-refractivity contribution in [2.75, 3.05) is 4.90 Å². The third kappa shape index (κ3) is 3.07. The van der Waals surface area contributed by atoms with Crippen molar-refractivity contribution < 1.29 is 29.5 Å². The zero-order valence-corrected chi connectivity index (χ0v) is 20.9. The molecule has 8 nitrogen and oxygen atoms in total. The van der Waals surface area contributed by atoms with Gasteiger partial charge in [-0.15, -0.1) is 6.58 Å². The van der Waals surface area contributed by atoms with Crippen molar-refractivity contribution in [2.24, 2.45) is 29.1 Å². The number of nitrogens with zero attached hydrogens (tertiary/aromatic N) is 2. The number of carbonyl (C=O) groups is 4. The molecule has 6 rings (SSSR count). The van der Waals surface area contributed by atoms with Gasteiger partial charge < -0.3 is 5.11 Å². The molecule has 6 unspecified atom stereocenters. The summed E-state index contributed by atoms with van der Waals surface area (Å²) < 4.78 is 0. The lowest BCUT2D eigenvalue weighted by Gasteiger charge is -2.49. The summed E-state index contributed by atoms with van der Waals surface area (Å²) in [7, 11) is 0. The summed E-state index contributed by atoms with van der Waals surface area (Å²) in [5.41, 5.74) is 1.12. The molecule has 2 N–H and O–H groups in total. The van der Waals surface area contributed by atoms with Crippen LogP contribution in [0.1, 0.15) is 36.8 Å².